The molecule has 0 aliphatic heterocycles. The van der Waals surface area contributed by atoms with Crippen LogP contribution in [0.15, 0.2) is 60.7 Å². The molecule has 1 fully saturated rings. The van der Waals surface area contributed by atoms with E-state index >= 15 is 0 Å². The van der Waals surface area contributed by atoms with Gasteiger partial charge in [0.05, 0.1) is 32.5 Å². The topological polar surface area (TPSA) is 38.7 Å². The lowest BCUT2D eigenvalue weighted by atomic mass is 9.72. The maximum absolute atomic E-state index is 9.96. The van der Waals surface area contributed by atoms with Crippen LogP contribution in [0, 0.1) is 11.8 Å². The van der Waals surface area contributed by atoms with Crippen LogP contribution in [-0.2, 0) is 22.7 Å². The Labute approximate surface area is 137 Å². The minimum atomic E-state index is -0.254. The molecule has 0 radical (unpaired) electrons. The number of hydrogen-bond donors (Lipinski definition) is 1. The van der Waals surface area contributed by atoms with Crippen LogP contribution in [0.4, 0.5) is 0 Å². The van der Waals surface area contributed by atoms with Crippen molar-refractivity contribution in [3.05, 3.63) is 71.8 Å². The molecule has 0 heterocycles. The van der Waals surface area contributed by atoms with Gasteiger partial charge in [-0.25, -0.2) is 0 Å². The van der Waals surface area contributed by atoms with E-state index in [2.05, 4.69) is 24.3 Å². The van der Waals surface area contributed by atoms with Crippen molar-refractivity contribution in [3.8, 4) is 0 Å². The van der Waals surface area contributed by atoms with Gasteiger partial charge in [-0.15, -0.1) is 0 Å². The minimum absolute atomic E-state index is 0.189. The SMILES string of the molecule is O[C@H]1C[C@H](COCc2ccccc2)[C@H]1COCc1ccccc1. The molecule has 3 nitrogen and oxygen atoms in total. The normalized spacial score (nSPS) is 23.4. The van der Waals surface area contributed by atoms with E-state index in [1.54, 1.807) is 0 Å². The summed E-state index contributed by atoms with van der Waals surface area (Å²) >= 11 is 0. The third-order valence-corrected chi connectivity index (χ3v) is 4.51. The van der Waals surface area contributed by atoms with Gasteiger partial charge in [-0.3, -0.25) is 0 Å². The summed E-state index contributed by atoms with van der Waals surface area (Å²) in [7, 11) is 0. The molecule has 0 aromatic heterocycles. The largest absolute Gasteiger partial charge is 0.393 e. The highest BCUT2D eigenvalue weighted by atomic mass is 16.5. The summed E-state index contributed by atoms with van der Waals surface area (Å²) in [5, 5.41) is 9.96. The monoisotopic (exact) mass is 312 g/mol. The van der Waals surface area contributed by atoms with Crippen LogP contribution in [0.25, 0.3) is 0 Å². The van der Waals surface area contributed by atoms with E-state index in [4.69, 9.17) is 9.47 Å². The highest BCUT2D eigenvalue weighted by molar-refractivity contribution is 5.14. The molecule has 3 rings (SSSR count). The molecule has 0 spiro atoms. The Bertz CT molecular complexity index is 570. The van der Waals surface area contributed by atoms with Gasteiger partial charge in [0.25, 0.3) is 0 Å². The van der Waals surface area contributed by atoms with Crippen molar-refractivity contribution >= 4 is 0 Å². The first-order valence-corrected chi connectivity index (χ1v) is 8.24. The molecule has 3 atom stereocenters. The molecule has 0 bridgehead atoms. The van der Waals surface area contributed by atoms with Gasteiger partial charge in [-0.05, 0) is 23.5 Å². The highest BCUT2D eigenvalue weighted by Crippen LogP contribution is 2.35. The van der Waals surface area contributed by atoms with Gasteiger partial charge >= 0.3 is 0 Å². The Morgan fingerprint density at radius 1 is 0.783 bits per heavy atom. The molecule has 1 aliphatic rings. The molecule has 0 amide bonds. The van der Waals surface area contributed by atoms with Crippen LogP contribution in [0.1, 0.15) is 17.5 Å². The van der Waals surface area contributed by atoms with Crippen molar-refractivity contribution in [3.63, 3.8) is 0 Å². The van der Waals surface area contributed by atoms with Crippen LogP contribution < -0.4 is 0 Å². The van der Waals surface area contributed by atoms with Crippen LogP contribution in [0.3, 0.4) is 0 Å². The van der Waals surface area contributed by atoms with E-state index in [9.17, 15) is 5.11 Å². The average Bonchev–Trinajstić information content (AvgIpc) is 2.60. The lowest BCUT2D eigenvalue weighted by Gasteiger charge is -2.41. The van der Waals surface area contributed by atoms with Gasteiger partial charge in [0.2, 0.25) is 0 Å². The van der Waals surface area contributed by atoms with Crippen molar-refractivity contribution in [2.24, 2.45) is 11.8 Å². The molecule has 122 valence electrons. The zero-order valence-corrected chi connectivity index (χ0v) is 13.3. The van der Waals surface area contributed by atoms with E-state index in [1.165, 1.54) is 5.56 Å². The molecule has 0 saturated heterocycles. The van der Waals surface area contributed by atoms with Crippen molar-refractivity contribution in [1.29, 1.82) is 0 Å². The zero-order valence-electron chi connectivity index (χ0n) is 13.3. The summed E-state index contributed by atoms with van der Waals surface area (Å²) in [4.78, 5) is 0. The van der Waals surface area contributed by atoms with Crippen LogP contribution in [0.5, 0.6) is 0 Å². The van der Waals surface area contributed by atoms with E-state index in [0.717, 1.165) is 12.0 Å². The smallest absolute Gasteiger partial charge is 0.0717 e. The highest BCUT2D eigenvalue weighted by Gasteiger charge is 2.39. The predicted molar refractivity (Wildman–Crippen MR) is 89.8 cm³/mol. The van der Waals surface area contributed by atoms with Gasteiger partial charge in [0.1, 0.15) is 0 Å². The Hall–Kier alpha value is -1.68. The van der Waals surface area contributed by atoms with Gasteiger partial charge in [-0.2, -0.15) is 0 Å². The minimum Gasteiger partial charge on any atom is -0.393 e. The second-order valence-corrected chi connectivity index (χ2v) is 6.23. The summed E-state index contributed by atoms with van der Waals surface area (Å²) in [5.74, 6) is 0.582. The fraction of sp³-hybridized carbons (Fsp3) is 0.400. The molecule has 23 heavy (non-hydrogen) atoms. The molecular formula is C20H24O3. The van der Waals surface area contributed by atoms with Crippen LogP contribution in [-0.4, -0.2) is 24.4 Å². The molecule has 2 aromatic carbocycles. The first-order valence-electron chi connectivity index (χ1n) is 8.24. The van der Waals surface area contributed by atoms with E-state index in [1.807, 2.05) is 36.4 Å². The second kappa shape index (κ2) is 8.25. The predicted octanol–water partition coefficient (Wildman–Crippen LogP) is 3.42. The summed E-state index contributed by atoms with van der Waals surface area (Å²) < 4.78 is 11.6. The van der Waals surface area contributed by atoms with E-state index < -0.39 is 0 Å². The van der Waals surface area contributed by atoms with Crippen molar-refractivity contribution in [2.45, 2.75) is 25.7 Å². The molecular weight excluding hydrogens is 288 g/mol. The van der Waals surface area contributed by atoms with Gasteiger partial charge in [0, 0.05) is 5.92 Å². The number of rotatable bonds is 8. The fourth-order valence-electron chi connectivity index (χ4n) is 3.01. The number of benzene rings is 2. The number of aliphatic hydroxyl groups is 1. The Kier molecular flexibility index (Phi) is 5.81. The van der Waals surface area contributed by atoms with E-state index in [0.29, 0.717) is 32.3 Å². The Balaban J connectivity index is 1.37. The summed E-state index contributed by atoms with van der Waals surface area (Å²) in [6.45, 7) is 2.51. The van der Waals surface area contributed by atoms with Gasteiger partial charge in [0.15, 0.2) is 0 Å². The summed E-state index contributed by atoms with van der Waals surface area (Å²) in [6.07, 6.45) is 0.560. The van der Waals surface area contributed by atoms with Crippen LogP contribution >= 0.6 is 0 Å². The molecule has 1 aliphatic carbocycles. The summed E-state index contributed by atoms with van der Waals surface area (Å²) in [5.41, 5.74) is 2.35. The Morgan fingerprint density at radius 3 is 1.83 bits per heavy atom. The molecule has 1 saturated carbocycles. The molecule has 1 N–H and O–H groups in total. The maximum atomic E-state index is 9.96. The van der Waals surface area contributed by atoms with Gasteiger partial charge < -0.3 is 14.6 Å². The van der Waals surface area contributed by atoms with Gasteiger partial charge in [-0.1, -0.05) is 60.7 Å². The lowest BCUT2D eigenvalue weighted by molar-refractivity contribution is -0.106. The van der Waals surface area contributed by atoms with E-state index in [-0.39, 0.29) is 12.0 Å². The standard InChI is InChI=1S/C20H24O3/c21-20-11-18(14-22-12-16-7-3-1-4-8-16)19(20)15-23-13-17-9-5-2-6-10-17/h1-10,18-21H,11-15H2/t18-,19-,20+/m1/s1. The van der Waals surface area contributed by atoms with Crippen molar-refractivity contribution in [1.82, 2.24) is 0 Å². The third-order valence-electron chi connectivity index (χ3n) is 4.51. The van der Waals surface area contributed by atoms with Crippen molar-refractivity contribution in [2.75, 3.05) is 13.2 Å². The zero-order chi connectivity index (χ0) is 15.9. The third kappa shape index (κ3) is 4.64. The first kappa shape index (κ1) is 16.2. The van der Waals surface area contributed by atoms with Crippen LogP contribution in [0.2, 0.25) is 0 Å². The molecule has 0 unspecified atom stereocenters. The maximum Gasteiger partial charge on any atom is 0.0717 e. The molecule has 2 aromatic rings. The molecule has 3 heteroatoms. The first-order chi connectivity index (χ1) is 11.3. The lowest BCUT2D eigenvalue weighted by Crippen LogP contribution is -2.46. The quantitative estimate of drug-likeness (QED) is 0.812. The fourth-order valence-corrected chi connectivity index (χ4v) is 3.01. The number of ether oxygens (including phenoxy) is 2. The number of hydrogen-bond acceptors (Lipinski definition) is 3. The average molecular weight is 312 g/mol. The Morgan fingerprint density at radius 2 is 1.30 bits per heavy atom. The summed E-state index contributed by atoms with van der Waals surface area (Å²) in [6, 6.07) is 20.3. The second-order valence-electron chi connectivity index (χ2n) is 6.23. The number of aliphatic hydroxyl groups excluding tert-OH is 1. The van der Waals surface area contributed by atoms with Crippen molar-refractivity contribution < 1.29 is 14.6 Å².